The summed E-state index contributed by atoms with van der Waals surface area (Å²) >= 11 is 0. The number of sulfonamides is 1. The van der Waals surface area contributed by atoms with Crippen LogP contribution in [0.1, 0.15) is 30.5 Å². The van der Waals surface area contributed by atoms with E-state index in [0.29, 0.717) is 10.7 Å². The molecule has 1 saturated heterocycles. The van der Waals surface area contributed by atoms with E-state index >= 15 is 0 Å². The topological polar surface area (TPSA) is 141 Å². The normalized spacial score (nSPS) is 28.6. The molecule has 10 nitrogen and oxygen atoms in total. The highest BCUT2D eigenvalue weighted by Gasteiger charge is 2.50. The summed E-state index contributed by atoms with van der Waals surface area (Å²) in [6.45, 7) is 0.797. The molecule has 3 unspecified atom stereocenters. The molecule has 4 rings (SSSR count). The molecule has 1 fully saturated rings. The third-order valence-electron chi connectivity index (χ3n) is 5.36. The monoisotopic (exact) mass is 435 g/mol. The van der Waals surface area contributed by atoms with Crippen molar-refractivity contribution in [1.29, 1.82) is 5.26 Å². The Hall–Kier alpha value is -3.20. The first-order valence-corrected chi connectivity index (χ1v) is 10.7. The molecule has 2 N–H and O–H groups in total. The Morgan fingerprint density at radius 1 is 1.50 bits per heavy atom. The van der Waals surface area contributed by atoms with Gasteiger partial charge in [0, 0.05) is 12.6 Å². The van der Waals surface area contributed by atoms with Crippen molar-refractivity contribution in [1.82, 2.24) is 14.9 Å². The van der Waals surface area contributed by atoms with Crippen LogP contribution in [0.3, 0.4) is 0 Å². The van der Waals surface area contributed by atoms with E-state index in [2.05, 4.69) is 15.6 Å². The van der Waals surface area contributed by atoms with Crippen LogP contribution in [-0.2, 0) is 14.8 Å². The molecule has 3 heterocycles. The summed E-state index contributed by atoms with van der Waals surface area (Å²) in [4.78, 5) is 29.0. The van der Waals surface area contributed by atoms with Gasteiger partial charge in [0.05, 0.1) is 35.3 Å². The molecular formula is C18H18FN5O5S. The van der Waals surface area contributed by atoms with Gasteiger partial charge in [0.2, 0.25) is 15.9 Å². The highest BCUT2D eigenvalue weighted by Crippen LogP contribution is 2.35. The second kappa shape index (κ2) is 7.24. The van der Waals surface area contributed by atoms with E-state index in [0.717, 1.165) is 6.07 Å². The lowest BCUT2D eigenvalue weighted by Crippen LogP contribution is -2.66. The molecule has 3 aliphatic heterocycles. The Kier molecular flexibility index (Phi) is 4.85. The van der Waals surface area contributed by atoms with E-state index in [1.165, 1.54) is 6.07 Å². The summed E-state index contributed by atoms with van der Waals surface area (Å²) in [5, 5.41) is 13.1. The number of rotatable bonds is 3. The summed E-state index contributed by atoms with van der Waals surface area (Å²) in [6.07, 6.45) is 1.87. The van der Waals surface area contributed by atoms with Gasteiger partial charge in [-0.05, 0) is 19.1 Å². The van der Waals surface area contributed by atoms with Crippen LogP contribution in [0.5, 0.6) is 5.75 Å². The summed E-state index contributed by atoms with van der Waals surface area (Å²) in [5.74, 6) is -1.37. The minimum Gasteiger partial charge on any atom is -0.491 e. The van der Waals surface area contributed by atoms with E-state index in [4.69, 9.17) is 10.00 Å². The van der Waals surface area contributed by atoms with Gasteiger partial charge in [-0.2, -0.15) is 5.26 Å². The number of amides is 3. The Morgan fingerprint density at radius 2 is 2.27 bits per heavy atom. The Labute approximate surface area is 171 Å². The van der Waals surface area contributed by atoms with Gasteiger partial charge in [-0.25, -0.2) is 21.9 Å². The molecule has 12 heteroatoms. The van der Waals surface area contributed by atoms with Crippen molar-refractivity contribution in [3.8, 4) is 11.8 Å². The zero-order chi connectivity index (χ0) is 21.6. The number of nitrogens with one attached hydrogen (secondary N) is 2. The molecule has 30 heavy (non-hydrogen) atoms. The first kappa shape index (κ1) is 20.1. The molecular weight excluding hydrogens is 417 g/mol. The molecule has 0 aliphatic carbocycles. The maximum absolute atomic E-state index is 14.3. The smallest absolute Gasteiger partial charge is 0.331 e. The minimum absolute atomic E-state index is 0.0728. The van der Waals surface area contributed by atoms with Crippen LogP contribution in [0, 0.1) is 17.1 Å². The lowest BCUT2D eigenvalue weighted by atomic mass is 10.0. The number of nitrogens with zero attached hydrogens (tertiary/aromatic N) is 3. The highest BCUT2D eigenvalue weighted by atomic mass is 32.2. The molecule has 0 aromatic heterocycles. The average molecular weight is 435 g/mol. The van der Waals surface area contributed by atoms with Crippen molar-refractivity contribution in [2.24, 2.45) is 4.99 Å². The van der Waals surface area contributed by atoms with Crippen molar-refractivity contribution in [2.75, 3.05) is 13.2 Å². The third-order valence-corrected chi connectivity index (χ3v) is 7.68. The standard InChI is InChI=1S/C18H18FN5O5S/c1-9-17-12(2-3-21-9)23-18(26)24(30(17,27)28)7-15(25)22-13-8-29-14-5-10(6-20)4-11(19)16(13)14/h3-5,9,12-13,17H,2,7-8H2,1H3,(H,22,25)(H,23,26)/t9?,12?,13-,17?/m1/s1. The Balaban J connectivity index is 1.51. The van der Waals surface area contributed by atoms with Crippen LogP contribution in [0.2, 0.25) is 0 Å². The molecule has 0 bridgehead atoms. The number of carbonyl (C=O) groups is 2. The number of ether oxygens (including phenoxy) is 1. The van der Waals surface area contributed by atoms with Gasteiger partial charge in [-0.15, -0.1) is 0 Å². The number of halogens is 1. The van der Waals surface area contributed by atoms with Crippen molar-refractivity contribution in [3.05, 3.63) is 29.1 Å². The number of nitriles is 1. The SMILES string of the molecule is CC1N=CCC2NC(=O)N(CC(=O)N[C@@H]3COc4cc(C#N)cc(F)c43)S(=O)(=O)C12. The van der Waals surface area contributed by atoms with Crippen molar-refractivity contribution >= 4 is 28.2 Å². The highest BCUT2D eigenvalue weighted by molar-refractivity contribution is 7.90. The number of hydrogen-bond acceptors (Lipinski definition) is 7. The molecule has 158 valence electrons. The van der Waals surface area contributed by atoms with Crippen molar-refractivity contribution in [2.45, 2.75) is 36.7 Å². The molecule has 3 aliphatic rings. The molecule has 4 atom stereocenters. The molecule has 0 saturated carbocycles. The number of carbonyl (C=O) groups excluding carboxylic acids is 2. The summed E-state index contributed by atoms with van der Waals surface area (Å²) < 4.78 is 46.1. The van der Waals surface area contributed by atoms with E-state index in [-0.39, 0.29) is 23.5 Å². The van der Waals surface area contributed by atoms with Crippen LogP contribution in [0.25, 0.3) is 0 Å². The second-order valence-corrected chi connectivity index (χ2v) is 9.31. The van der Waals surface area contributed by atoms with Crippen LogP contribution in [-0.4, -0.2) is 61.4 Å². The molecule has 3 amide bonds. The molecule has 1 aromatic carbocycles. The lowest BCUT2D eigenvalue weighted by molar-refractivity contribution is -0.121. The van der Waals surface area contributed by atoms with Crippen molar-refractivity contribution in [3.63, 3.8) is 0 Å². The number of urea groups is 1. The Bertz CT molecular complexity index is 1100. The third kappa shape index (κ3) is 3.24. The number of aliphatic imine (C=N–C) groups is 1. The van der Waals surface area contributed by atoms with Gasteiger partial charge >= 0.3 is 6.03 Å². The van der Waals surface area contributed by atoms with Gasteiger partial charge in [0.25, 0.3) is 0 Å². The first-order chi connectivity index (χ1) is 14.2. The zero-order valence-electron chi connectivity index (χ0n) is 15.8. The largest absolute Gasteiger partial charge is 0.491 e. The lowest BCUT2D eigenvalue weighted by Gasteiger charge is -2.41. The molecule has 0 radical (unpaired) electrons. The average Bonchev–Trinajstić information content (AvgIpc) is 3.07. The number of hydrogen-bond donors (Lipinski definition) is 2. The minimum atomic E-state index is -4.12. The summed E-state index contributed by atoms with van der Waals surface area (Å²) in [5.41, 5.74) is 0.150. The van der Waals surface area contributed by atoms with Gasteiger partial charge in [0.15, 0.2) is 0 Å². The van der Waals surface area contributed by atoms with Gasteiger partial charge in [0.1, 0.15) is 30.0 Å². The number of benzene rings is 1. The fourth-order valence-electron chi connectivity index (χ4n) is 4.00. The predicted molar refractivity (Wildman–Crippen MR) is 102 cm³/mol. The van der Waals surface area contributed by atoms with Crippen LogP contribution < -0.4 is 15.4 Å². The van der Waals surface area contributed by atoms with Gasteiger partial charge in [-0.3, -0.25) is 9.79 Å². The van der Waals surface area contributed by atoms with Crippen LogP contribution in [0.15, 0.2) is 17.1 Å². The summed E-state index contributed by atoms with van der Waals surface area (Å²) in [6, 6.07) is 1.26. The maximum atomic E-state index is 14.3. The fraction of sp³-hybridized carbons (Fsp3) is 0.444. The van der Waals surface area contributed by atoms with Crippen molar-refractivity contribution < 1.29 is 27.1 Å². The van der Waals surface area contributed by atoms with Crippen LogP contribution >= 0.6 is 0 Å². The van der Waals surface area contributed by atoms with E-state index < -0.39 is 57.7 Å². The van der Waals surface area contributed by atoms with E-state index in [9.17, 15) is 22.4 Å². The predicted octanol–water partition coefficient (Wildman–Crippen LogP) is 0.202. The molecule has 0 spiro atoms. The van der Waals surface area contributed by atoms with E-state index in [1.54, 1.807) is 13.1 Å². The maximum Gasteiger partial charge on any atom is 0.331 e. The number of fused-ring (bicyclic) bond motifs is 2. The zero-order valence-corrected chi connectivity index (χ0v) is 16.6. The quantitative estimate of drug-likeness (QED) is 0.695. The van der Waals surface area contributed by atoms with Gasteiger partial charge in [-0.1, -0.05) is 0 Å². The van der Waals surface area contributed by atoms with Gasteiger partial charge < -0.3 is 15.4 Å². The summed E-state index contributed by atoms with van der Waals surface area (Å²) in [7, 11) is -4.12. The van der Waals surface area contributed by atoms with E-state index in [1.807, 2.05) is 6.07 Å². The fourth-order valence-corrected chi connectivity index (χ4v) is 6.04. The molecule has 1 aromatic rings. The first-order valence-electron chi connectivity index (χ1n) is 9.21. The Morgan fingerprint density at radius 3 is 3.00 bits per heavy atom. The second-order valence-electron chi connectivity index (χ2n) is 7.29. The van der Waals surface area contributed by atoms with Crippen LogP contribution in [0.4, 0.5) is 9.18 Å².